The van der Waals surface area contributed by atoms with Crippen LogP contribution in [0.4, 0.5) is 0 Å². The number of phenolic OH excluding ortho intramolecular Hbond substituents is 1. The third-order valence-corrected chi connectivity index (χ3v) is 2.47. The van der Waals surface area contributed by atoms with Gasteiger partial charge < -0.3 is 10.4 Å². The molecule has 3 heteroatoms. The van der Waals surface area contributed by atoms with Crippen LogP contribution >= 0.6 is 0 Å². The predicted molar refractivity (Wildman–Crippen MR) is 65.7 cm³/mol. The average Bonchev–Trinajstić information content (AvgIpc) is 2.38. The van der Waals surface area contributed by atoms with E-state index in [-0.39, 0.29) is 11.7 Å². The third-order valence-electron chi connectivity index (χ3n) is 2.47. The normalized spacial score (nSPS) is 9.88. The summed E-state index contributed by atoms with van der Waals surface area (Å²) in [5.74, 6) is 0.0507. The Labute approximate surface area is 99.7 Å². The molecule has 0 spiro atoms. The Morgan fingerprint density at radius 1 is 1.00 bits per heavy atom. The van der Waals surface area contributed by atoms with Crippen molar-refractivity contribution in [2.75, 3.05) is 0 Å². The number of para-hydroxylation sites is 1. The number of hydrogen-bond donors (Lipinski definition) is 2. The van der Waals surface area contributed by atoms with Crippen LogP contribution in [0.3, 0.4) is 0 Å². The van der Waals surface area contributed by atoms with Crippen LogP contribution in [0, 0.1) is 0 Å². The van der Waals surface area contributed by atoms with Gasteiger partial charge in [-0.1, -0.05) is 36.4 Å². The van der Waals surface area contributed by atoms with E-state index in [1.807, 2.05) is 24.3 Å². The van der Waals surface area contributed by atoms with Crippen molar-refractivity contribution in [1.29, 1.82) is 0 Å². The fraction of sp³-hybridized carbons (Fsp3) is 0.0714. The quantitative estimate of drug-likeness (QED) is 0.845. The zero-order valence-corrected chi connectivity index (χ0v) is 9.26. The molecular weight excluding hydrogens is 214 g/mol. The maximum absolute atomic E-state index is 11.7. The molecule has 0 aliphatic heterocycles. The zero-order valence-electron chi connectivity index (χ0n) is 9.26. The lowest BCUT2D eigenvalue weighted by Crippen LogP contribution is -2.22. The molecule has 0 fully saturated rings. The van der Waals surface area contributed by atoms with Gasteiger partial charge in [0.25, 0.3) is 5.91 Å². The molecule has 0 aliphatic carbocycles. The van der Waals surface area contributed by atoms with Gasteiger partial charge in [0.05, 0.1) is 0 Å². The molecule has 1 amide bonds. The molecule has 0 unspecified atom stereocenters. The monoisotopic (exact) mass is 227 g/mol. The van der Waals surface area contributed by atoms with Gasteiger partial charge in [-0.05, 0) is 18.2 Å². The molecule has 0 saturated carbocycles. The Hall–Kier alpha value is -2.29. The van der Waals surface area contributed by atoms with Crippen LogP contribution in [0.2, 0.25) is 0 Å². The molecule has 2 aromatic carbocycles. The second-order valence-electron chi connectivity index (χ2n) is 3.68. The van der Waals surface area contributed by atoms with Crippen LogP contribution in [-0.2, 0) is 6.54 Å². The number of rotatable bonds is 3. The number of benzene rings is 2. The summed E-state index contributed by atoms with van der Waals surface area (Å²) in [6.07, 6.45) is 0. The molecule has 0 aliphatic rings. The van der Waals surface area contributed by atoms with Crippen LogP contribution in [0.1, 0.15) is 15.9 Å². The van der Waals surface area contributed by atoms with Crippen molar-refractivity contribution >= 4 is 5.91 Å². The number of nitrogens with one attached hydrogen (secondary N) is 1. The number of carbonyl (C=O) groups is 1. The molecule has 0 atom stereocenters. The first-order valence-corrected chi connectivity index (χ1v) is 5.37. The molecule has 0 heterocycles. The highest BCUT2D eigenvalue weighted by Crippen LogP contribution is 2.15. The van der Waals surface area contributed by atoms with E-state index in [1.54, 1.807) is 30.3 Å². The van der Waals surface area contributed by atoms with Crippen molar-refractivity contribution in [3.05, 3.63) is 65.7 Å². The first kappa shape index (κ1) is 11.2. The Kier molecular flexibility index (Phi) is 3.40. The largest absolute Gasteiger partial charge is 0.508 e. The van der Waals surface area contributed by atoms with Crippen molar-refractivity contribution in [3.63, 3.8) is 0 Å². The zero-order chi connectivity index (χ0) is 12.1. The Morgan fingerprint density at radius 2 is 1.65 bits per heavy atom. The van der Waals surface area contributed by atoms with Crippen LogP contribution in [0.15, 0.2) is 54.6 Å². The van der Waals surface area contributed by atoms with E-state index in [0.29, 0.717) is 17.7 Å². The summed E-state index contributed by atoms with van der Waals surface area (Å²) >= 11 is 0. The molecule has 2 aromatic rings. The minimum absolute atomic E-state index is 0.145. The molecule has 0 aromatic heterocycles. The molecule has 17 heavy (non-hydrogen) atoms. The van der Waals surface area contributed by atoms with E-state index in [2.05, 4.69) is 5.32 Å². The maximum atomic E-state index is 11.7. The smallest absolute Gasteiger partial charge is 0.251 e. The number of amides is 1. The summed E-state index contributed by atoms with van der Waals surface area (Å²) in [5.41, 5.74) is 1.32. The Balaban J connectivity index is 2.00. The standard InChI is InChI=1S/C14H13NO2/c16-13-9-5-4-8-12(13)10-15-14(17)11-6-2-1-3-7-11/h1-9,16H,10H2,(H,15,17). The van der Waals surface area contributed by atoms with Crippen molar-refractivity contribution in [2.24, 2.45) is 0 Å². The van der Waals surface area contributed by atoms with Gasteiger partial charge in [0.1, 0.15) is 5.75 Å². The average molecular weight is 227 g/mol. The van der Waals surface area contributed by atoms with E-state index < -0.39 is 0 Å². The second kappa shape index (κ2) is 5.16. The molecule has 3 nitrogen and oxygen atoms in total. The fourth-order valence-corrected chi connectivity index (χ4v) is 1.53. The Morgan fingerprint density at radius 3 is 2.35 bits per heavy atom. The van der Waals surface area contributed by atoms with Crippen molar-refractivity contribution < 1.29 is 9.90 Å². The van der Waals surface area contributed by atoms with Gasteiger partial charge in [-0.3, -0.25) is 4.79 Å². The van der Waals surface area contributed by atoms with E-state index >= 15 is 0 Å². The highest BCUT2D eigenvalue weighted by Gasteiger charge is 2.05. The van der Waals surface area contributed by atoms with Gasteiger partial charge in [-0.25, -0.2) is 0 Å². The number of hydrogen-bond acceptors (Lipinski definition) is 2. The first-order chi connectivity index (χ1) is 8.27. The van der Waals surface area contributed by atoms with Gasteiger partial charge >= 0.3 is 0 Å². The van der Waals surface area contributed by atoms with Crippen LogP contribution in [0.5, 0.6) is 5.75 Å². The highest BCUT2D eigenvalue weighted by atomic mass is 16.3. The van der Waals surface area contributed by atoms with Gasteiger partial charge in [0, 0.05) is 17.7 Å². The number of phenols is 1. The predicted octanol–water partition coefficient (Wildman–Crippen LogP) is 2.32. The van der Waals surface area contributed by atoms with E-state index in [4.69, 9.17) is 0 Å². The summed E-state index contributed by atoms with van der Waals surface area (Å²) < 4.78 is 0. The summed E-state index contributed by atoms with van der Waals surface area (Å²) in [6, 6.07) is 15.9. The van der Waals surface area contributed by atoms with Crippen LogP contribution in [-0.4, -0.2) is 11.0 Å². The van der Waals surface area contributed by atoms with Gasteiger partial charge in [-0.15, -0.1) is 0 Å². The molecule has 0 radical (unpaired) electrons. The minimum atomic E-state index is -0.145. The maximum Gasteiger partial charge on any atom is 0.251 e. The second-order valence-corrected chi connectivity index (χ2v) is 3.68. The lowest BCUT2D eigenvalue weighted by molar-refractivity contribution is 0.0951. The van der Waals surface area contributed by atoms with Gasteiger partial charge in [0.2, 0.25) is 0 Å². The lowest BCUT2D eigenvalue weighted by Gasteiger charge is -2.06. The highest BCUT2D eigenvalue weighted by molar-refractivity contribution is 5.94. The van der Waals surface area contributed by atoms with Crippen molar-refractivity contribution in [2.45, 2.75) is 6.54 Å². The topological polar surface area (TPSA) is 49.3 Å². The lowest BCUT2D eigenvalue weighted by atomic mass is 10.2. The molecule has 86 valence electrons. The molecule has 0 bridgehead atoms. The van der Waals surface area contributed by atoms with Crippen LogP contribution in [0.25, 0.3) is 0 Å². The third kappa shape index (κ3) is 2.84. The summed E-state index contributed by atoms with van der Waals surface area (Å²) in [6.45, 7) is 0.320. The summed E-state index contributed by atoms with van der Waals surface area (Å²) in [5, 5.41) is 12.3. The molecular formula is C14H13NO2. The van der Waals surface area contributed by atoms with Gasteiger partial charge in [-0.2, -0.15) is 0 Å². The van der Waals surface area contributed by atoms with Crippen molar-refractivity contribution in [3.8, 4) is 5.75 Å². The Bertz CT molecular complexity index is 509. The summed E-state index contributed by atoms with van der Waals surface area (Å²) in [4.78, 5) is 11.7. The fourth-order valence-electron chi connectivity index (χ4n) is 1.53. The van der Waals surface area contributed by atoms with E-state index in [1.165, 1.54) is 0 Å². The van der Waals surface area contributed by atoms with E-state index in [9.17, 15) is 9.90 Å². The van der Waals surface area contributed by atoms with E-state index in [0.717, 1.165) is 0 Å². The van der Waals surface area contributed by atoms with Gasteiger partial charge in [0.15, 0.2) is 0 Å². The van der Waals surface area contributed by atoms with Crippen LogP contribution < -0.4 is 5.32 Å². The number of aromatic hydroxyl groups is 1. The SMILES string of the molecule is O=C(NCc1ccccc1O)c1ccccc1. The first-order valence-electron chi connectivity index (χ1n) is 5.37. The molecule has 2 N–H and O–H groups in total. The minimum Gasteiger partial charge on any atom is -0.508 e. The molecule has 0 saturated heterocycles. The molecule has 2 rings (SSSR count). The summed E-state index contributed by atoms with van der Waals surface area (Å²) in [7, 11) is 0. The number of carbonyl (C=O) groups excluding carboxylic acids is 1. The van der Waals surface area contributed by atoms with Crippen molar-refractivity contribution in [1.82, 2.24) is 5.32 Å².